The number of nitrogens with one attached hydrogen (secondary N) is 3. The number of anilines is 1. The molecule has 7 heteroatoms. The summed E-state index contributed by atoms with van der Waals surface area (Å²) in [6.45, 7) is 2.33. The van der Waals surface area contributed by atoms with Gasteiger partial charge in [-0.25, -0.2) is 9.37 Å². The van der Waals surface area contributed by atoms with E-state index in [0.29, 0.717) is 6.54 Å². The molecule has 0 fully saturated rings. The third kappa shape index (κ3) is 4.53. The van der Waals surface area contributed by atoms with Gasteiger partial charge in [-0.15, -0.1) is 0 Å². The molecule has 0 aromatic carbocycles. The van der Waals surface area contributed by atoms with E-state index < -0.39 is 11.7 Å². The topological polar surface area (TPSA) is 83.1 Å². The summed E-state index contributed by atoms with van der Waals surface area (Å²) in [4.78, 5) is 26.9. The van der Waals surface area contributed by atoms with Crippen LogP contribution < -0.4 is 16.0 Å². The van der Waals surface area contributed by atoms with E-state index in [2.05, 4.69) is 20.9 Å². The summed E-state index contributed by atoms with van der Waals surface area (Å²) in [5, 5.41) is 7.72. The second-order valence-corrected chi connectivity index (χ2v) is 3.83. The van der Waals surface area contributed by atoms with Crippen LogP contribution in [0.25, 0.3) is 0 Å². The molecular weight excluding hydrogens is 251 g/mol. The highest BCUT2D eigenvalue weighted by Crippen LogP contribution is 2.12. The molecule has 1 aromatic rings. The molecule has 0 unspecified atom stereocenters. The molecular formula is C12H17FN4O2. The molecule has 104 valence electrons. The van der Waals surface area contributed by atoms with Gasteiger partial charge in [0, 0.05) is 13.6 Å². The summed E-state index contributed by atoms with van der Waals surface area (Å²) in [6.07, 6.45) is 1.83. The largest absolute Gasteiger partial charge is 0.372 e. The fourth-order valence-corrected chi connectivity index (χ4v) is 1.39. The number of nitrogens with zero attached hydrogens (tertiary/aromatic N) is 1. The Morgan fingerprint density at radius 1 is 1.37 bits per heavy atom. The predicted molar refractivity (Wildman–Crippen MR) is 69.4 cm³/mol. The lowest BCUT2D eigenvalue weighted by atomic mass is 10.2. The number of amides is 2. The quantitative estimate of drug-likeness (QED) is 0.702. The van der Waals surface area contributed by atoms with Crippen LogP contribution in [0.5, 0.6) is 0 Å². The van der Waals surface area contributed by atoms with E-state index in [-0.39, 0.29) is 23.8 Å². The fourth-order valence-electron chi connectivity index (χ4n) is 1.39. The number of aromatic nitrogens is 1. The van der Waals surface area contributed by atoms with Crippen LogP contribution in [0.3, 0.4) is 0 Å². The third-order valence-corrected chi connectivity index (χ3v) is 2.32. The Morgan fingerprint density at radius 2 is 2.11 bits per heavy atom. The van der Waals surface area contributed by atoms with Crippen molar-refractivity contribution >= 4 is 17.6 Å². The van der Waals surface area contributed by atoms with Crippen molar-refractivity contribution in [3.8, 4) is 0 Å². The highest BCUT2D eigenvalue weighted by Gasteiger charge is 2.14. The number of carbonyl (C=O) groups is 2. The van der Waals surface area contributed by atoms with Crippen molar-refractivity contribution in [2.45, 2.75) is 13.3 Å². The average Bonchev–Trinajstić information content (AvgIpc) is 2.42. The van der Waals surface area contributed by atoms with Crippen LogP contribution in [0.2, 0.25) is 0 Å². The van der Waals surface area contributed by atoms with Gasteiger partial charge in [-0.05, 0) is 12.5 Å². The minimum absolute atomic E-state index is 0.0609. The predicted octanol–water partition coefficient (Wildman–Crippen LogP) is 0.518. The number of carbonyl (C=O) groups excluding carboxylic acids is 2. The van der Waals surface area contributed by atoms with E-state index in [1.54, 1.807) is 7.05 Å². The summed E-state index contributed by atoms with van der Waals surface area (Å²) in [5.41, 5.74) is 0.0609. The number of pyridine rings is 1. The zero-order valence-electron chi connectivity index (χ0n) is 10.9. The van der Waals surface area contributed by atoms with Crippen molar-refractivity contribution in [2.24, 2.45) is 0 Å². The SMILES string of the molecule is CCCNC(=O)CNC(=O)c1cc(F)cnc1NC. The first-order chi connectivity index (χ1) is 9.08. The van der Waals surface area contributed by atoms with Gasteiger partial charge in [0.1, 0.15) is 11.6 Å². The fraction of sp³-hybridized carbons (Fsp3) is 0.417. The van der Waals surface area contributed by atoms with E-state index in [0.717, 1.165) is 18.7 Å². The van der Waals surface area contributed by atoms with Crippen LogP contribution in [0.4, 0.5) is 10.2 Å². The Kier molecular flexibility index (Phi) is 5.72. The van der Waals surface area contributed by atoms with Gasteiger partial charge in [0.25, 0.3) is 5.91 Å². The smallest absolute Gasteiger partial charge is 0.255 e. The number of rotatable bonds is 6. The van der Waals surface area contributed by atoms with Gasteiger partial charge in [-0.2, -0.15) is 0 Å². The second kappa shape index (κ2) is 7.30. The summed E-state index contributed by atoms with van der Waals surface area (Å²) in [6, 6.07) is 1.07. The van der Waals surface area contributed by atoms with Gasteiger partial charge in [-0.3, -0.25) is 9.59 Å². The van der Waals surface area contributed by atoms with Crippen LogP contribution >= 0.6 is 0 Å². The van der Waals surface area contributed by atoms with Gasteiger partial charge < -0.3 is 16.0 Å². The van der Waals surface area contributed by atoms with Crippen molar-refractivity contribution in [1.29, 1.82) is 0 Å². The monoisotopic (exact) mass is 268 g/mol. The molecule has 0 aliphatic rings. The summed E-state index contributed by atoms with van der Waals surface area (Å²) in [7, 11) is 1.57. The Hall–Kier alpha value is -2.18. The lowest BCUT2D eigenvalue weighted by Gasteiger charge is -2.09. The first-order valence-electron chi connectivity index (χ1n) is 5.96. The van der Waals surface area contributed by atoms with Crippen LogP contribution in [-0.4, -0.2) is 36.9 Å². The van der Waals surface area contributed by atoms with Crippen molar-refractivity contribution in [1.82, 2.24) is 15.6 Å². The van der Waals surface area contributed by atoms with Crippen LogP contribution in [0.15, 0.2) is 12.3 Å². The van der Waals surface area contributed by atoms with Crippen molar-refractivity contribution in [3.05, 3.63) is 23.6 Å². The van der Waals surface area contributed by atoms with Gasteiger partial charge >= 0.3 is 0 Å². The lowest BCUT2D eigenvalue weighted by molar-refractivity contribution is -0.120. The van der Waals surface area contributed by atoms with E-state index in [1.165, 1.54) is 0 Å². The molecule has 0 spiro atoms. The summed E-state index contributed by atoms with van der Waals surface area (Å²) >= 11 is 0. The van der Waals surface area contributed by atoms with Gasteiger partial charge in [-0.1, -0.05) is 6.92 Å². The molecule has 1 aromatic heterocycles. The second-order valence-electron chi connectivity index (χ2n) is 3.83. The Labute approximate surface area is 110 Å². The first kappa shape index (κ1) is 14.9. The summed E-state index contributed by atoms with van der Waals surface area (Å²) < 4.78 is 13.1. The van der Waals surface area contributed by atoms with Crippen LogP contribution in [-0.2, 0) is 4.79 Å². The average molecular weight is 268 g/mol. The standard InChI is InChI=1S/C12H17FN4O2/c1-3-4-15-10(18)7-17-12(19)9-5-8(13)6-16-11(9)14-2/h5-6H,3-4,7H2,1-2H3,(H,14,16)(H,15,18)(H,17,19). The van der Waals surface area contributed by atoms with Crippen molar-refractivity contribution in [2.75, 3.05) is 25.5 Å². The molecule has 19 heavy (non-hydrogen) atoms. The maximum absolute atomic E-state index is 13.1. The molecule has 2 amide bonds. The Bertz CT molecular complexity index is 465. The number of hydrogen-bond acceptors (Lipinski definition) is 4. The van der Waals surface area contributed by atoms with E-state index >= 15 is 0 Å². The minimum atomic E-state index is -0.611. The molecule has 0 atom stereocenters. The molecule has 0 radical (unpaired) electrons. The number of halogens is 1. The highest BCUT2D eigenvalue weighted by atomic mass is 19.1. The van der Waals surface area contributed by atoms with Gasteiger partial charge in [0.15, 0.2) is 0 Å². The molecule has 0 saturated heterocycles. The van der Waals surface area contributed by atoms with Crippen molar-refractivity contribution in [3.63, 3.8) is 0 Å². The van der Waals surface area contributed by atoms with E-state index in [9.17, 15) is 14.0 Å². The normalized spacial score (nSPS) is 9.84. The van der Waals surface area contributed by atoms with Gasteiger partial charge in [0.05, 0.1) is 18.3 Å². The lowest BCUT2D eigenvalue weighted by Crippen LogP contribution is -2.37. The molecule has 1 rings (SSSR count). The maximum Gasteiger partial charge on any atom is 0.255 e. The molecule has 3 N–H and O–H groups in total. The molecule has 6 nitrogen and oxygen atoms in total. The molecule has 0 saturated carbocycles. The maximum atomic E-state index is 13.1. The molecule has 0 bridgehead atoms. The first-order valence-corrected chi connectivity index (χ1v) is 5.96. The van der Waals surface area contributed by atoms with Gasteiger partial charge in [0.2, 0.25) is 5.91 Å². The minimum Gasteiger partial charge on any atom is -0.372 e. The zero-order chi connectivity index (χ0) is 14.3. The molecule has 0 aliphatic carbocycles. The van der Waals surface area contributed by atoms with Crippen molar-refractivity contribution < 1.29 is 14.0 Å². The Balaban J connectivity index is 2.63. The van der Waals surface area contributed by atoms with Crippen LogP contribution in [0.1, 0.15) is 23.7 Å². The zero-order valence-corrected chi connectivity index (χ0v) is 10.9. The molecule has 1 heterocycles. The van der Waals surface area contributed by atoms with Crippen LogP contribution in [0, 0.1) is 5.82 Å². The number of hydrogen-bond donors (Lipinski definition) is 3. The Morgan fingerprint density at radius 3 is 2.74 bits per heavy atom. The van der Waals surface area contributed by atoms with E-state index in [1.807, 2.05) is 6.92 Å². The highest BCUT2D eigenvalue weighted by molar-refractivity contribution is 6.00. The summed E-state index contributed by atoms with van der Waals surface area (Å²) in [5.74, 6) is -1.19. The third-order valence-electron chi connectivity index (χ3n) is 2.32. The van der Waals surface area contributed by atoms with E-state index in [4.69, 9.17) is 0 Å². The molecule has 0 aliphatic heterocycles.